The first kappa shape index (κ1) is 88.4. The Labute approximate surface area is 662 Å². The average Bonchev–Trinajstić information content (AvgIpc) is 0.916. The lowest BCUT2D eigenvalue weighted by Crippen LogP contribution is -2.32. The molecule has 0 heterocycles. The van der Waals surface area contributed by atoms with Crippen LogP contribution in [-0.2, 0) is 0 Å². The van der Waals surface area contributed by atoms with Crippen LogP contribution in [0.5, 0.6) is 0 Å². The van der Waals surface area contributed by atoms with Crippen molar-refractivity contribution in [3.8, 4) is 640 Å². The molecule has 0 amide bonds. The van der Waals surface area contributed by atoms with Gasteiger partial charge in [-0.25, -0.2) is 0 Å². The fourth-order valence-electron chi connectivity index (χ4n) is 3.87. The molecule has 0 bridgehead atoms. The van der Waals surface area contributed by atoms with Crippen LogP contribution < -0.4 is 0 Å². The van der Waals surface area contributed by atoms with Crippen molar-refractivity contribution in [2.45, 2.75) is 13.8 Å². The monoisotopic (exact) mass is 1350 g/mol. The van der Waals surface area contributed by atoms with Crippen molar-refractivity contribution in [2.24, 2.45) is 0 Å². The Balaban J connectivity index is 7.27. The predicted molar refractivity (Wildman–Crippen MR) is 445 cm³/mol. The summed E-state index contributed by atoms with van der Waals surface area (Å²) in [6.45, 7) is 1.47. The quantitative estimate of drug-likeness (QED) is 0.269. The molecule has 0 unspecified atom stereocenters. The van der Waals surface area contributed by atoms with Gasteiger partial charge in [0.1, 0.15) is 0 Å². The van der Waals surface area contributed by atoms with E-state index < -0.39 is 13.2 Å². The number of hydrogen-bond donors (Lipinski definition) is 0. The predicted octanol–water partition coefficient (Wildman–Crippen LogP) is 0.694. The first-order chi connectivity index (χ1) is 55.8. The first-order valence-electron chi connectivity index (χ1n) is 28.6. The fourth-order valence-corrected chi connectivity index (χ4v) is 3.87. The van der Waals surface area contributed by atoms with Crippen molar-refractivity contribution in [1.82, 2.24) is 0 Å². The zero-order valence-corrected chi connectivity index (χ0v) is 57.3. The van der Waals surface area contributed by atoms with Gasteiger partial charge in [0.25, 0.3) is 0 Å². The molecule has 0 aliphatic heterocycles. The van der Waals surface area contributed by atoms with Gasteiger partial charge in [0.15, 0.2) is 0 Å². The highest BCUT2D eigenvalue weighted by atomic mass is 13.7. The summed E-state index contributed by atoms with van der Waals surface area (Å²) in [5.74, 6) is 268. The molecule has 0 aromatic rings. The second kappa shape index (κ2) is 83.5. The molecule has 0 aromatic heterocycles. The Bertz CT molecular complexity index is 7440. The summed E-state index contributed by atoms with van der Waals surface area (Å²) in [5.41, 5.74) is 0. The van der Waals surface area contributed by atoms with Crippen LogP contribution in [0.15, 0.2) is 0 Å². The molecule has 0 radical (unpaired) electrons. The molecule has 0 aliphatic carbocycles. The molecule has 0 saturated carbocycles. The maximum absolute atomic E-state index is 4.99. The van der Waals surface area contributed by atoms with E-state index in [-0.39, 0.29) is 0 Å². The summed E-state index contributed by atoms with van der Waals surface area (Å²) in [5, 5.41) is 0. The molecule has 112 heavy (non-hydrogen) atoms. The molecule has 0 aliphatic rings. The lowest BCUT2D eigenvalue weighted by Gasteiger charge is -1.95. The number of rotatable bonds is 1. The van der Waals surface area contributed by atoms with Crippen molar-refractivity contribution < 1.29 is 0 Å². The van der Waals surface area contributed by atoms with E-state index in [0.717, 1.165) is 0 Å². The van der Waals surface area contributed by atoms with E-state index in [1.165, 1.54) is 0 Å². The van der Waals surface area contributed by atoms with E-state index in [1.54, 1.807) is 13.8 Å². The van der Waals surface area contributed by atoms with Crippen molar-refractivity contribution in [1.29, 1.82) is 0 Å². The maximum atomic E-state index is 4.99. The molecular weight excluding hydrogens is 1340 g/mol. The summed E-state index contributed by atoms with van der Waals surface area (Å²) in [4.78, 5) is 0. The van der Waals surface area contributed by atoms with Crippen LogP contribution in [0.3, 0.4) is 0 Å². The summed E-state index contributed by atoms with van der Waals surface area (Å²) < 4.78 is 0. The average molecular weight is 1350 g/mol. The van der Waals surface area contributed by atoms with Crippen molar-refractivity contribution in [3.05, 3.63) is 0 Å². The largest absolute Gasteiger partial charge is 0.317 e. The van der Waals surface area contributed by atoms with Gasteiger partial charge >= 0.3 is 13.2 Å². The smallest absolute Gasteiger partial charge is 0.130 e. The van der Waals surface area contributed by atoms with E-state index in [0.29, 0.717) is 0 Å². The van der Waals surface area contributed by atoms with Crippen LogP contribution >= 0.6 is 0 Å². The molecule has 454 valence electrons. The minimum atomic E-state index is -0.937. The van der Waals surface area contributed by atoms with E-state index in [9.17, 15) is 0 Å². The second-order valence-corrected chi connectivity index (χ2v) is 14.6. The fraction of sp³-hybridized carbons (Fsp3) is 0.0182. The molecule has 0 atom stereocenters. The topological polar surface area (TPSA) is 0 Å². The highest BCUT2D eigenvalue weighted by Gasteiger charge is 2.24. The molecular formula is C110H8B2. The van der Waals surface area contributed by atoms with Crippen LogP contribution in [0.25, 0.3) is 0 Å². The van der Waals surface area contributed by atoms with Crippen molar-refractivity contribution >= 4 is 13.2 Å². The van der Waals surface area contributed by atoms with Crippen molar-refractivity contribution in [2.75, 3.05) is 0 Å². The molecule has 0 N–H and O–H groups in total. The molecule has 0 saturated heterocycles. The van der Waals surface area contributed by atoms with Gasteiger partial charge in [-0.3, -0.25) is 0 Å². The molecule has 0 spiro atoms. The minimum Gasteiger partial charge on any atom is -0.130 e. The third kappa shape index (κ3) is 77.1. The first-order valence-corrected chi connectivity index (χ1v) is 28.6. The van der Waals surface area contributed by atoms with Crippen LogP contribution in [-0.4, -0.2) is 13.2 Å². The Morgan fingerprint density at radius 3 is 0.250 bits per heavy atom. The minimum absolute atomic E-state index is 0.937. The Hall–Kier alpha value is -23.6. The molecule has 0 aromatic carbocycles. The standard InChI is InChI=1S/C110H8B2/c1-5-9-13-17-21-25-29-33-37-41-45-49-53-57-61-65-69-73-77-81-85-89-93-97-101-105-109-112(110-106-102-98-94-90-86-82-78-74-70-66-62-58-54-50-46-42-38-34-30-26-22-18-14-10-6-2)111(107-103-99-95-91-87-83-79-75-71-67-63-59-55-51-47-43-39-35-31-27-23-19-15-11-7-3)108-104-100-96-92-88-84-80-76-72-68-64-60-56-52-48-44-40-36-32-28-24-20-16-12-8-4/h1-2H,3-4H3. The van der Waals surface area contributed by atoms with Gasteiger partial charge in [-0.05, 0) is 393 Å². The lowest BCUT2D eigenvalue weighted by atomic mass is 9.10. The van der Waals surface area contributed by atoms with Gasteiger partial charge in [0.05, 0.1) is 0 Å². The zero-order chi connectivity index (χ0) is 80.1. The molecule has 0 nitrogen and oxygen atoms in total. The second-order valence-electron chi connectivity index (χ2n) is 14.6. The summed E-state index contributed by atoms with van der Waals surface area (Å²) in [7, 11) is 0. The highest BCUT2D eigenvalue weighted by Crippen LogP contribution is 1.88. The summed E-state index contributed by atoms with van der Waals surface area (Å²) in [6.07, 6.45) is 9.98. The SMILES string of the molecule is C#CC#CC#CC#CC#CC#CC#CC#CC#CC#CC#CC#CC#CC#CB(C#CC#CC#CC#CC#CC#CC#CC#CC#CC#CC#CC#CC#CC#C)B(C#CC#CC#CC#CC#CC#CC#CC#CC#CC#CC#CC#CC#CC)C#CC#CC#CC#CC#CC#CC#CC#CC#CC#CC#CC#CC#CC. The van der Waals surface area contributed by atoms with Crippen LogP contribution in [0.2, 0.25) is 0 Å². The Kier molecular flexibility index (Phi) is 65.9. The van der Waals surface area contributed by atoms with Crippen LogP contribution in [0.1, 0.15) is 13.8 Å². The molecule has 0 rings (SSSR count). The summed E-state index contributed by atoms with van der Waals surface area (Å²) >= 11 is 0. The molecule has 2 heteroatoms. The van der Waals surface area contributed by atoms with Crippen LogP contribution in [0, 0.1) is 640 Å². The van der Waals surface area contributed by atoms with E-state index >= 15 is 0 Å². The third-order valence-corrected chi connectivity index (χ3v) is 7.51. The highest BCUT2D eigenvalue weighted by molar-refractivity contribution is 7.35. The van der Waals surface area contributed by atoms with Gasteiger partial charge < -0.3 is 0 Å². The van der Waals surface area contributed by atoms with Gasteiger partial charge in [-0.15, -0.1) is 36.1 Å². The van der Waals surface area contributed by atoms with Crippen molar-refractivity contribution in [3.63, 3.8) is 0 Å². The van der Waals surface area contributed by atoms with E-state index in [1.807, 2.05) is 0 Å². The zero-order valence-electron chi connectivity index (χ0n) is 57.3. The summed E-state index contributed by atoms with van der Waals surface area (Å²) in [6, 6.07) is 0. The lowest BCUT2D eigenvalue weighted by molar-refractivity contribution is 1.92. The number of hydrogen-bond acceptors (Lipinski definition) is 0. The van der Waals surface area contributed by atoms with E-state index in [2.05, 4.69) is 627 Å². The maximum Gasteiger partial charge on any atom is 0.317 e. The Morgan fingerprint density at radius 1 is 0.0982 bits per heavy atom. The van der Waals surface area contributed by atoms with E-state index in [4.69, 9.17) is 12.8 Å². The van der Waals surface area contributed by atoms with Gasteiger partial charge in [0.2, 0.25) is 0 Å². The van der Waals surface area contributed by atoms with Gasteiger partial charge in [-0.2, -0.15) is 0 Å². The van der Waals surface area contributed by atoms with Gasteiger partial charge in [0, 0.05) is 213 Å². The Morgan fingerprint density at radius 2 is 0.170 bits per heavy atom. The van der Waals surface area contributed by atoms with Crippen LogP contribution in [0.4, 0.5) is 0 Å². The third-order valence-electron chi connectivity index (χ3n) is 7.51. The normalized spacial score (nSPS) is 4.18. The molecule has 0 fully saturated rings. The van der Waals surface area contributed by atoms with Gasteiger partial charge in [-0.1, -0.05) is 11.8 Å². The number of terminal acetylenes is 2.